The Hall–Kier alpha value is -0.790. The van der Waals surface area contributed by atoms with Crippen molar-refractivity contribution < 1.29 is 9.53 Å². The highest BCUT2D eigenvalue weighted by molar-refractivity contribution is 5.66. The maximum absolute atomic E-state index is 11.6. The average Bonchev–Trinajstić information content (AvgIpc) is 2.90. The molecule has 0 radical (unpaired) electrons. The minimum Gasteiger partial charge on any atom is -0.462 e. The topological polar surface area (TPSA) is 26.3 Å². The predicted molar refractivity (Wildman–Crippen MR) is 106 cm³/mol. The summed E-state index contributed by atoms with van der Waals surface area (Å²) in [5, 5.41) is 0. The van der Waals surface area contributed by atoms with Crippen LogP contribution in [-0.2, 0) is 9.53 Å². The Kier molecular flexibility index (Phi) is 4.56. The summed E-state index contributed by atoms with van der Waals surface area (Å²) in [5.41, 5.74) is 4.10. The minimum absolute atomic E-state index is 0.0869. The Labute approximate surface area is 160 Å². The molecule has 0 spiro atoms. The number of rotatable bonds is 1. The average molecular weight is 359 g/mol. The number of carbonyl (C=O) groups excluding carboxylic acids is 1. The van der Waals surface area contributed by atoms with E-state index in [0.29, 0.717) is 5.41 Å². The Morgan fingerprint density at radius 2 is 1.65 bits per heavy atom. The summed E-state index contributed by atoms with van der Waals surface area (Å²) in [6.45, 7) is 11.3. The van der Waals surface area contributed by atoms with E-state index in [1.807, 2.05) is 0 Å². The molecule has 4 rings (SSSR count). The minimum atomic E-state index is -0.0869. The van der Waals surface area contributed by atoms with Gasteiger partial charge >= 0.3 is 5.97 Å². The van der Waals surface area contributed by atoms with Crippen molar-refractivity contribution in [3.8, 4) is 0 Å². The molecule has 4 saturated carbocycles. The maximum atomic E-state index is 11.6. The van der Waals surface area contributed by atoms with Crippen LogP contribution in [-0.4, -0.2) is 12.1 Å². The summed E-state index contributed by atoms with van der Waals surface area (Å²) in [6.07, 6.45) is 12.1. The van der Waals surface area contributed by atoms with Crippen LogP contribution in [0.5, 0.6) is 0 Å². The van der Waals surface area contributed by atoms with E-state index in [1.54, 1.807) is 18.1 Å². The second-order valence-corrected chi connectivity index (χ2v) is 10.7. The highest BCUT2D eigenvalue weighted by atomic mass is 16.5. The smallest absolute Gasteiger partial charge is 0.302 e. The second kappa shape index (κ2) is 6.38. The molecular weight excluding hydrogens is 320 g/mol. The van der Waals surface area contributed by atoms with Crippen molar-refractivity contribution in [2.45, 2.75) is 98.5 Å². The molecule has 0 aromatic heterocycles. The molecule has 146 valence electrons. The van der Waals surface area contributed by atoms with Crippen molar-refractivity contribution in [3.05, 3.63) is 11.1 Å². The molecule has 0 bridgehead atoms. The fraction of sp³-hybridized carbons (Fsp3) is 0.875. The molecule has 0 aromatic rings. The van der Waals surface area contributed by atoms with Crippen LogP contribution in [0.2, 0.25) is 0 Å². The number of fused-ring (bicyclic) bond motifs is 5. The zero-order valence-electron chi connectivity index (χ0n) is 17.6. The third-order valence-corrected chi connectivity index (χ3v) is 9.45. The van der Waals surface area contributed by atoms with Crippen LogP contribution in [0.25, 0.3) is 0 Å². The van der Waals surface area contributed by atoms with Crippen molar-refractivity contribution in [2.24, 2.45) is 34.5 Å². The predicted octanol–water partition coefficient (Wildman–Crippen LogP) is 6.30. The summed E-state index contributed by atoms with van der Waals surface area (Å²) in [5.74, 6) is 3.35. The molecule has 26 heavy (non-hydrogen) atoms. The first-order chi connectivity index (χ1) is 12.3. The summed E-state index contributed by atoms with van der Waals surface area (Å²) in [6, 6.07) is 0. The molecule has 0 aliphatic heterocycles. The van der Waals surface area contributed by atoms with Gasteiger partial charge < -0.3 is 4.74 Å². The lowest BCUT2D eigenvalue weighted by Crippen LogP contribution is -2.53. The van der Waals surface area contributed by atoms with Crippen LogP contribution in [0.3, 0.4) is 0 Å². The molecule has 4 fully saturated rings. The van der Waals surface area contributed by atoms with Gasteiger partial charge in [0, 0.05) is 12.3 Å². The summed E-state index contributed by atoms with van der Waals surface area (Å²) in [4.78, 5) is 11.6. The molecule has 4 aliphatic carbocycles. The molecule has 3 unspecified atom stereocenters. The third kappa shape index (κ3) is 2.69. The van der Waals surface area contributed by atoms with Gasteiger partial charge in [0.05, 0.1) is 0 Å². The first-order valence-corrected chi connectivity index (χ1v) is 11.1. The lowest BCUT2D eigenvalue weighted by molar-refractivity contribution is -0.160. The first-order valence-electron chi connectivity index (χ1n) is 11.1. The monoisotopic (exact) mass is 358 g/mol. The number of allylic oxidation sites excluding steroid dienone is 2. The Balaban J connectivity index is 1.57. The lowest BCUT2D eigenvalue weighted by atomic mass is 9.45. The molecule has 0 saturated heterocycles. The number of hydrogen-bond acceptors (Lipinski definition) is 2. The van der Waals surface area contributed by atoms with Gasteiger partial charge in [-0.1, -0.05) is 25.0 Å². The Bertz CT molecular complexity index is 616. The van der Waals surface area contributed by atoms with Gasteiger partial charge in [-0.2, -0.15) is 0 Å². The second-order valence-electron chi connectivity index (χ2n) is 10.7. The van der Waals surface area contributed by atoms with E-state index in [0.717, 1.165) is 30.1 Å². The first kappa shape index (κ1) is 18.6. The molecule has 2 heteroatoms. The number of ether oxygens (including phenoxy) is 1. The molecule has 7 atom stereocenters. The lowest BCUT2D eigenvalue weighted by Gasteiger charge is -2.60. The maximum Gasteiger partial charge on any atom is 0.302 e. The van der Waals surface area contributed by atoms with Gasteiger partial charge in [0.2, 0.25) is 0 Å². The molecule has 0 heterocycles. The number of carbonyl (C=O) groups is 1. The highest BCUT2D eigenvalue weighted by Crippen LogP contribution is 2.67. The van der Waals surface area contributed by atoms with Crippen LogP contribution in [0.4, 0.5) is 0 Å². The SMILES string of the molecule is CC(=O)O[C@H]1CCC2C3CC[C@H]4CC(=C(C)C)CC[C@]4(C)C3CC[C@@]21C. The van der Waals surface area contributed by atoms with E-state index in [-0.39, 0.29) is 17.5 Å². The van der Waals surface area contributed by atoms with Crippen molar-refractivity contribution in [1.29, 1.82) is 0 Å². The normalized spacial score (nSPS) is 47.6. The van der Waals surface area contributed by atoms with Crippen LogP contribution in [0, 0.1) is 34.5 Å². The van der Waals surface area contributed by atoms with Crippen molar-refractivity contribution in [3.63, 3.8) is 0 Å². The highest BCUT2D eigenvalue weighted by Gasteiger charge is 2.60. The van der Waals surface area contributed by atoms with Gasteiger partial charge in [-0.05, 0) is 101 Å². The van der Waals surface area contributed by atoms with Crippen molar-refractivity contribution in [1.82, 2.24) is 0 Å². The quantitative estimate of drug-likeness (QED) is 0.406. The van der Waals surface area contributed by atoms with Gasteiger partial charge in [-0.15, -0.1) is 0 Å². The fourth-order valence-electron chi connectivity index (χ4n) is 7.88. The number of hydrogen-bond donors (Lipinski definition) is 0. The van der Waals surface area contributed by atoms with E-state index in [9.17, 15) is 4.79 Å². The van der Waals surface area contributed by atoms with E-state index in [1.165, 1.54) is 51.4 Å². The van der Waals surface area contributed by atoms with Crippen LogP contribution in [0.15, 0.2) is 11.1 Å². The molecule has 4 aliphatic rings. The van der Waals surface area contributed by atoms with E-state index >= 15 is 0 Å². The fourth-order valence-corrected chi connectivity index (χ4v) is 7.88. The molecule has 2 nitrogen and oxygen atoms in total. The third-order valence-electron chi connectivity index (χ3n) is 9.45. The standard InChI is InChI=1S/C24H38O2/c1-15(2)17-10-12-23(4)18(14-17)6-7-19-20-8-9-22(26-16(3)25)24(20,5)13-11-21(19)23/h18-22H,6-14H2,1-5H3/t18-,19?,20?,21?,22-,23-,24-/m0/s1. The molecule has 0 N–H and O–H groups in total. The summed E-state index contributed by atoms with van der Waals surface area (Å²) >= 11 is 0. The van der Waals surface area contributed by atoms with E-state index in [2.05, 4.69) is 27.7 Å². The summed E-state index contributed by atoms with van der Waals surface area (Å²) < 4.78 is 5.79. The van der Waals surface area contributed by atoms with Crippen LogP contribution in [0.1, 0.15) is 92.4 Å². The van der Waals surface area contributed by atoms with E-state index in [4.69, 9.17) is 4.74 Å². The van der Waals surface area contributed by atoms with Gasteiger partial charge in [0.15, 0.2) is 0 Å². The Morgan fingerprint density at radius 3 is 2.35 bits per heavy atom. The Morgan fingerprint density at radius 1 is 0.923 bits per heavy atom. The van der Waals surface area contributed by atoms with Crippen molar-refractivity contribution >= 4 is 5.97 Å². The van der Waals surface area contributed by atoms with Crippen LogP contribution < -0.4 is 0 Å². The zero-order chi connectivity index (χ0) is 18.7. The van der Waals surface area contributed by atoms with Gasteiger partial charge in [-0.3, -0.25) is 4.79 Å². The van der Waals surface area contributed by atoms with E-state index < -0.39 is 0 Å². The molecular formula is C24H38O2. The van der Waals surface area contributed by atoms with Crippen molar-refractivity contribution in [2.75, 3.05) is 0 Å². The molecule has 0 aromatic carbocycles. The van der Waals surface area contributed by atoms with Gasteiger partial charge in [-0.25, -0.2) is 0 Å². The van der Waals surface area contributed by atoms with Gasteiger partial charge in [0.25, 0.3) is 0 Å². The number of esters is 1. The molecule has 0 amide bonds. The largest absolute Gasteiger partial charge is 0.462 e. The van der Waals surface area contributed by atoms with Gasteiger partial charge in [0.1, 0.15) is 6.10 Å². The van der Waals surface area contributed by atoms with Crippen LogP contribution >= 0.6 is 0 Å². The zero-order valence-corrected chi connectivity index (χ0v) is 17.6. The summed E-state index contributed by atoms with van der Waals surface area (Å²) in [7, 11) is 0.